The highest BCUT2D eigenvalue weighted by Crippen LogP contribution is 2.19. The van der Waals surface area contributed by atoms with E-state index in [1.165, 1.54) is 17.1 Å². The van der Waals surface area contributed by atoms with Gasteiger partial charge in [-0.15, -0.1) is 0 Å². The lowest BCUT2D eigenvalue weighted by molar-refractivity contribution is -0.146. The fourth-order valence-corrected chi connectivity index (χ4v) is 1.86. The number of nitrogens with two attached hydrogens (primary N) is 1. The summed E-state index contributed by atoms with van der Waals surface area (Å²) in [7, 11) is 0. The molecular formula is C14H15N3O3. The summed E-state index contributed by atoms with van der Waals surface area (Å²) in [4.78, 5) is 23.2. The van der Waals surface area contributed by atoms with Gasteiger partial charge in [-0.05, 0) is 12.5 Å². The second-order valence-electron chi connectivity index (χ2n) is 4.14. The third-order valence-electron chi connectivity index (χ3n) is 2.78. The summed E-state index contributed by atoms with van der Waals surface area (Å²) in [5.41, 5.74) is 6.16. The van der Waals surface area contributed by atoms with E-state index >= 15 is 0 Å². The smallest absolute Gasteiger partial charge is 0.335 e. The van der Waals surface area contributed by atoms with Gasteiger partial charge in [-0.3, -0.25) is 9.48 Å². The van der Waals surface area contributed by atoms with Crippen LogP contribution in [-0.2, 0) is 9.53 Å². The standard InChI is InChI=1S/C14H15N3O3/c1-2-20-14(19)12(10-6-4-3-5-7-10)17-9-11(8-16-17)13(15)18/h3-9,12H,2H2,1H3,(H2,15,18). The van der Waals surface area contributed by atoms with Gasteiger partial charge < -0.3 is 10.5 Å². The summed E-state index contributed by atoms with van der Waals surface area (Å²) in [6.45, 7) is 2.00. The van der Waals surface area contributed by atoms with Gasteiger partial charge in [0.2, 0.25) is 0 Å². The maximum absolute atomic E-state index is 12.1. The molecule has 0 saturated carbocycles. The molecule has 0 radical (unpaired) electrons. The highest BCUT2D eigenvalue weighted by Gasteiger charge is 2.25. The normalized spacial score (nSPS) is 11.8. The minimum Gasteiger partial charge on any atom is -0.464 e. The number of carbonyl (C=O) groups excluding carboxylic acids is 2. The van der Waals surface area contributed by atoms with Crippen molar-refractivity contribution in [2.45, 2.75) is 13.0 Å². The lowest BCUT2D eigenvalue weighted by Gasteiger charge is -2.16. The van der Waals surface area contributed by atoms with E-state index in [9.17, 15) is 9.59 Å². The number of hydrogen-bond donors (Lipinski definition) is 1. The van der Waals surface area contributed by atoms with E-state index in [1.54, 1.807) is 19.1 Å². The molecule has 104 valence electrons. The number of amides is 1. The number of carbonyl (C=O) groups is 2. The molecule has 1 unspecified atom stereocenters. The van der Waals surface area contributed by atoms with Crippen LogP contribution in [0.3, 0.4) is 0 Å². The van der Waals surface area contributed by atoms with Crippen LogP contribution in [0.15, 0.2) is 42.7 Å². The lowest BCUT2D eigenvalue weighted by atomic mass is 10.1. The second-order valence-corrected chi connectivity index (χ2v) is 4.14. The van der Waals surface area contributed by atoms with Crippen LogP contribution in [0.4, 0.5) is 0 Å². The molecule has 2 aromatic rings. The van der Waals surface area contributed by atoms with Gasteiger partial charge in [-0.25, -0.2) is 4.79 Å². The third kappa shape index (κ3) is 2.85. The van der Waals surface area contributed by atoms with Gasteiger partial charge in [-0.1, -0.05) is 30.3 Å². The quantitative estimate of drug-likeness (QED) is 0.827. The van der Waals surface area contributed by atoms with Crippen LogP contribution in [0.25, 0.3) is 0 Å². The molecule has 0 saturated heterocycles. The number of nitrogens with zero attached hydrogens (tertiary/aromatic N) is 2. The van der Waals surface area contributed by atoms with E-state index < -0.39 is 17.9 Å². The maximum Gasteiger partial charge on any atom is 0.335 e. The Morgan fingerprint density at radius 1 is 1.35 bits per heavy atom. The van der Waals surface area contributed by atoms with Gasteiger partial charge in [0.1, 0.15) is 0 Å². The van der Waals surface area contributed by atoms with E-state index in [0.717, 1.165) is 5.56 Å². The molecule has 0 aliphatic rings. The number of rotatable bonds is 5. The Bertz CT molecular complexity index is 607. The van der Waals surface area contributed by atoms with E-state index in [4.69, 9.17) is 10.5 Å². The first kappa shape index (κ1) is 13.8. The van der Waals surface area contributed by atoms with Gasteiger partial charge >= 0.3 is 5.97 Å². The predicted molar refractivity (Wildman–Crippen MR) is 72.0 cm³/mol. The van der Waals surface area contributed by atoms with E-state index in [-0.39, 0.29) is 12.2 Å². The van der Waals surface area contributed by atoms with Gasteiger partial charge in [0, 0.05) is 6.20 Å². The zero-order chi connectivity index (χ0) is 14.5. The Morgan fingerprint density at radius 3 is 2.60 bits per heavy atom. The van der Waals surface area contributed by atoms with Crippen molar-refractivity contribution in [2.75, 3.05) is 6.61 Å². The highest BCUT2D eigenvalue weighted by atomic mass is 16.5. The van der Waals surface area contributed by atoms with Crippen LogP contribution >= 0.6 is 0 Å². The monoisotopic (exact) mass is 273 g/mol. The molecule has 20 heavy (non-hydrogen) atoms. The zero-order valence-electron chi connectivity index (χ0n) is 11.0. The molecule has 1 aromatic heterocycles. The van der Waals surface area contributed by atoms with Crippen molar-refractivity contribution < 1.29 is 14.3 Å². The maximum atomic E-state index is 12.1. The van der Waals surface area contributed by atoms with Gasteiger partial charge in [0.25, 0.3) is 5.91 Å². The molecule has 1 amide bonds. The van der Waals surface area contributed by atoms with Crippen molar-refractivity contribution >= 4 is 11.9 Å². The van der Waals surface area contributed by atoms with Crippen LogP contribution in [0.2, 0.25) is 0 Å². The van der Waals surface area contributed by atoms with Crippen molar-refractivity contribution in [3.05, 3.63) is 53.9 Å². The van der Waals surface area contributed by atoms with Crippen LogP contribution < -0.4 is 5.73 Å². The Hall–Kier alpha value is -2.63. The van der Waals surface area contributed by atoms with Crippen LogP contribution in [0.1, 0.15) is 28.9 Å². The van der Waals surface area contributed by atoms with E-state index in [1.807, 2.05) is 18.2 Å². The van der Waals surface area contributed by atoms with Crippen molar-refractivity contribution in [3.8, 4) is 0 Å². The van der Waals surface area contributed by atoms with Crippen LogP contribution in [0.5, 0.6) is 0 Å². The zero-order valence-corrected chi connectivity index (χ0v) is 11.0. The minimum atomic E-state index is -0.732. The molecular weight excluding hydrogens is 258 g/mol. The first-order chi connectivity index (χ1) is 9.63. The lowest BCUT2D eigenvalue weighted by Crippen LogP contribution is -2.23. The summed E-state index contributed by atoms with van der Waals surface area (Å²) >= 11 is 0. The number of aromatic nitrogens is 2. The molecule has 2 rings (SSSR count). The Balaban J connectivity index is 2.40. The number of hydrogen-bond acceptors (Lipinski definition) is 4. The third-order valence-corrected chi connectivity index (χ3v) is 2.78. The molecule has 1 atom stereocenters. The molecule has 1 aromatic carbocycles. The molecule has 0 spiro atoms. The summed E-state index contributed by atoms with van der Waals surface area (Å²) in [5.74, 6) is -1.02. The number of ether oxygens (including phenoxy) is 1. The average Bonchev–Trinajstić information content (AvgIpc) is 2.90. The first-order valence-electron chi connectivity index (χ1n) is 6.19. The topological polar surface area (TPSA) is 87.2 Å². The van der Waals surface area contributed by atoms with Crippen LogP contribution in [0, 0.1) is 0 Å². The van der Waals surface area contributed by atoms with E-state index in [0.29, 0.717) is 0 Å². The fourth-order valence-electron chi connectivity index (χ4n) is 1.86. The SMILES string of the molecule is CCOC(=O)C(c1ccccc1)n1cc(C(N)=O)cn1. The summed E-state index contributed by atoms with van der Waals surface area (Å²) < 4.78 is 6.45. The Morgan fingerprint density at radius 2 is 2.05 bits per heavy atom. The first-order valence-corrected chi connectivity index (χ1v) is 6.19. The number of esters is 1. The van der Waals surface area contributed by atoms with Crippen molar-refractivity contribution in [2.24, 2.45) is 5.73 Å². The molecule has 0 aliphatic carbocycles. The minimum absolute atomic E-state index is 0.246. The number of primary amides is 1. The fraction of sp³-hybridized carbons (Fsp3) is 0.214. The molecule has 6 nitrogen and oxygen atoms in total. The van der Waals surface area contributed by atoms with Gasteiger partial charge in [-0.2, -0.15) is 5.10 Å². The molecule has 2 N–H and O–H groups in total. The average molecular weight is 273 g/mol. The molecule has 1 heterocycles. The summed E-state index contributed by atoms with van der Waals surface area (Å²) in [5, 5.41) is 4.03. The number of benzene rings is 1. The molecule has 0 aliphatic heterocycles. The molecule has 6 heteroatoms. The van der Waals surface area contributed by atoms with E-state index in [2.05, 4.69) is 5.10 Å². The predicted octanol–water partition coefficient (Wildman–Crippen LogP) is 1.13. The largest absolute Gasteiger partial charge is 0.464 e. The van der Waals surface area contributed by atoms with Crippen molar-refractivity contribution in [1.82, 2.24) is 9.78 Å². The van der Waals surface area contributed by atoms with Crippen molar-refractivity contribution in [1.29, 1.82) is 0 Å². The Labute approximate surface area is 116 Å². The summed E-state index contributed by atoms with van der Waals surface area (Å²) in [6.07, 6.45) is 2.77. The highest BCUT2D eigenvalue weighted by molar-refractivity contribution is 5.92. The molecule has 0 bridgehead atoms. The second kappa shape index (κ2) is 6.01. The van der Waals surface area contributed by atoms with Crippen molar-refractivity contribution in [3.63, 3.8) is 0 Å². The van der Waals surface area contributed by atoms with Crippen LogP contribution in [-0.4, -0.2) is 28.3 Å². The summed E-state index contributed by atoms with van der Waals surface area (Å²) in [6, 6.07) is 8.36. The Kier molecular flexibility index (Phi) is 4.14. The van der Waals surface area contributed by atoms with Gasteiger partial charge in [0.15, 0.2) is 6.04 Å². The van der Waals surface area contributed by atoms with Gasteiger partial charge in [0.05, 0.1) is 18.4 Å². The molecule has 0 fully saturated rings.